The third kappa shape index (κ3) is 2.81. The average Bonchev–Trinajstić information content (AvgIpc) is 2.82. The molecule has 1 fully saturated rings. The molecule has 1 aliphatic heterocycles. The molecule has 0 unspecified atom stereocenters. The summed E-state index contributed by atoms with van der Waals surface area (Å²) in [4.78, 5) is 22.9. The quantitative estimate of drug-likeness (QED) is 0.630. The molecule has 4 nitrogen and oxygen atoms in total. The lowest BCUT2D eigenvalue weighted by Gasteiger charge is -2.25. The molecule has 1 aliphatic rings. The third-order valence-electron chi connectivity index (χ3n) is 3.18. The number of carbonyl (C=O) groups excluding carboxylic acids is 2. The van der Waals surface area contributed by atoms with Crippen LogP contribution in [0.5, 0.6) is 0 Å². The largest absolute Gasteiger partial charge is 0.462 e. The summed E-state index contributed by atoms with van der Waals surface area (Å²) < 4.78 is 10.4. The van der Waals surface area contributed by atoms with Gasteiger partial charge in [-0.1, -0.05) is 28.1 Å². The normalized spacial score (nSPS) is 22.1. The minimum absolute atomic E-state index is 0.186. The molecule has 102 valence electrons. The van der Waals surface area contributed by atoms with Crippen LogP contribution in [0.25, 0.3) is 0 Å². The Bertz CT molecular complexity index is 483. The monoisotopic (exact) mass is 326 g/mol. The van der Waals surface area contributed by atoms with Crippen LogP contribution in [-0.4, -0.2) is 23.9 Å². The van der Waals surface area contributed by atoms with Gasteiger partial charge in [0, 0.05) is 18.2 Å². The molecule has 1 aromatic rings. The van der Waals surface area contributed by atoms with Gasteiger partial charge in [0.2, 0.25) is 0 Å². The highest BCUT2D eigenvalue weighted by molar-refractivity contribution is 9.09. The van der Waals surface area contributed by atoms with E-state index in [1.54, 1.807) is 19.1 Å². The Hall–Kier alpha value is -1.36. The van der Waals surface area contributed by atoms with Crippen LogP contribution in [0.2, 0.25) is 0 Å². The third-order valence-corrected chi connectivity index (χ3v) is 4.09. The number of hydrogen-bond donors (Lipinski definition) is 0. The molecule has 0 amide bonds. The van der Waals surface area contributed by atoms with E-state index in [9.17, 15) is 9.59 Å². The lowest BCUT2D eigenvalue weighted by atomic mass is 9.92. The van der Waals surface area contributed by atoms with Crippen LogP contribution < -0.4 is 0 Å². The molecule has 1 heterocycles. The Kier molecular flexibility index (Phi) is 4.24. The first-order valence-electron chi connectivity index (χ1n) is 6.17. The Labute approximate surface area is 120 Å². The Morgan fingerprint density at radius 1 is 1.42 bits per heavy atom. The maximum Gasteiger partial charge on any atom is 0.338 e. The summed E-state index contributed by atoms with van der Waals surface area (Å²) in [6, 6.07) is 7.02. The van der Waals surface area contributed by atoms with E-state index in [1.807, 2.05) is 12.1 Å². The van der Waals surface area contributed by atoms with E-state index >= 15 is 0 Å². The van der Waals surface area contributed by atoms with E-state index in [2.05, 4.69) is 15.9 Å². The number of alkyl halides is 1. The van der Waals surface area contributed by atoms with Crippen LogP contribution >= 0.6 is 15.9 Å². The Morgan fingerprint density at radius 3 is 2.58 bits per heavy atom. The average molecular weight is 327 g/mol. The molecule has 1 atom stereocenters. The van der Waals surface area contributed by atoms with Crippen molar-refractivity contribution >= 4 is 27.9 Å². The minimum Gasteiger partial charge on any atom is -0.462 e. The summed E-state index contributed by atoms with van der Waals surface area (Å²) in [5, 5.41) is 0.546. The molecule has 0 saturated carbocycles. The zero-order valence-corrected chi connectivity index (χ0v) is 12.2. The smallest absolute Gasteiger partial charge is 0.338 e. The van der Waals surface area contributed by atoms with Crippen LogP contribution in [0.15, 0.2) is 24.3 Å². The molecule has 19 heavy (non-hydrogen) atoms. The van der Waals surface area contributed by atoms with Crippen molar-refractivity contribution in [3.8, 4) is 0 Å². The second-order valence-electron chi connectivity index (χ2n) is 4.40. The molecule has 0 bridgehead atoms. The molecular weight excluding hydrogens is 312 g/mol. The number of ether oxygens (including phenoxy) is 2. The zero-order valence-electron chi connectivity index (χ0n) is 10.6. The molecule has 0 spiro atoms. The van der Waals surface area contributed by atoms with E-state index in [4.69, 9.17) is 9.47 Å². The van der Waals surface area contributed by atoms with E-state index < -0.39 is 5.60 Å². The Morgan fingerprint density at radius 2 is 2.11 bits per heavy atom. The van der Waals surface area contributed by atoms with E-state index in [0.717, 1.165) is 5.56 Å². The van der Waals surface area contributed by atoms with Gasteiger partial charge in [-0.05, 0) is 24.6 Å². The van der Waals surface area contributed by atoms with E-state index in [0.29, 0.717) is 30.3 Å². The highest BCUT2D eigenvalue weighted by Crippen LogP contribution is 2.38. The summed E-state index contributed by atoms with van der Waals surface area (Å²) in [5.41, 5.74) is 0.785. The maximum atomic E-state index is 11.6. The second-order valence-corrected chi connectivity index (χ2v) is 4.96. The van der Waals surface area contributed by atoms with Gasteiger partial charge in [-0.25, -0.2) is 4.79 Å². The van der Waals surface area contributed by atoms with Gasteiger partial charge in [0.25, 0.3) is 0 Å². The van der Waals surface area contributed by atoms with E-state index in [-0.39, 0.29) is 11.9 Å². The topological polar surface area (TPSA) is 52.6 Å². The first-order chi connectivity index (χ1) is 9.11. The molecule has 0 aromatic heterocycles. The van der Waals surface area contributed by atoms with E-state index in [1.165, 1.54) is 0 Å². The van der Waals surface area contributed by atoms with Gasteiger partial charge in [-0.15, -0.1) is 0 Å². The predicted octanol–water partition coefficient (Wildman–Crippen LogP) is 2.79. The van der Waals surface area contributed by atoms with Crippen LogP contribution in [-0.2, 0) is 19.9 Å². The van der Waals surface area contributed by atoms with Crippen molar-refractivity contribution in [3.05, 3.63) is 35.4 Å². The fourth-order valence-electron chi connectivity index (χ4n) is 2.12. The molecule has 0 radical (unpaired) electrons. The zero-order chi connectivity index (χ0) is 13.9. The first-order valence-corrected chi connectivity index (χ1v) is 7.29. The van der Waals surface area contributed by atoms with Crippen LogP contribution in [0.3, 0.4) is 0 Å². The van der Waals surface area contributed by atoms with Crippen molar-refractivity contribution in [2.24, 2.45) is 0 Å². The highest BCUT2D eigenvalue weighted by atomic mass is 79.9. The summed E-state index contributed by atoms with van der Waals surface area (Å²) in [6.07, 6.45) is 1.07. The summed E-state index contributed by atoms with van der Waals surface area (Å²) in [6.45, 7) is 2.12. The maximum absolute atomic E-state index is 11.6. The number of hydrogen-bond acceptors (Lipinski definition) is 4. The number of rotatable bonds is 4. The van der Waals surface area contributed by atoms with Crippen molar-refractivity contribution in [3.63, 3.8) is 0 Å². The van der Waals surface area contributed by atoms with Crippen molar-refractivity contribution in [1.82, 2.24) is 0 Å². The lowest BCUT2D eigenvalue weighted by molar-refractivity contribution is -0.147. The number of esters is 2. The van der Waals surface area contributed by atoms with Gasteiger partial charge in [0.05, 0.1) is 12.2 Å². The molecule has 5 heteroatoms. The summed E-state index contributed by atoms with van der Waals surface area (Å²) >= 11 is 3.40. The standard InChI is InChI=1S/C14H15BrO4/c1-2-18-13(17)10-3-5-11(6-4-10)14(9-15)8-7-12(16)19-14/h3-6H,2,7-9H2,1H3/t14-/m0/s1. The van der Waals surface area contributed by atoms with Crippen molar-refractivity contribution in [1.29, 1.82) is 0 Å². The first kappa shape index (κ1) is 14.1. The SMILES string of the molecule is CCOC(=O)c1ccc([C@@]2(CBr)CCC(=O)O2)cc1. The molecule has 1 aromatic carbocycles. The number of cyclic esters (lactones) is 1. The van der Waals surface area contributed by atoms with Crippen LogP contribution in [0.4, 0.5) is 0 Å². The molecular formula is C14H15BrO4. The predicted molar refractivity (Wildman–Crippen MR) is 73.2 cm³/mol. The minimum atomic E-state index is -0.607. The van der Waals surface area contributed by atoms with Crippen LogP contribution in [0, 0.1) is 0 Å². The van der Waals surface area contributed by atoms with Crippen molar-refractivity contribution < 1.29 is 19.1 Å². The summed E-state index contributed by atoms with van der Waals surface area (Å²) in [5.74, 6) is -0.528. The van der Waals surface area contributed by atoms with Gasteiger partial charge in [-0.3, -0.25) is 4.79 Å². The fourth-order valence-corrected chi connectivity index (χ4v) is 2.84. The fraction of sp³-hybridized carbons (Fsp3) is 0.429. The number of halogens is 1. The van der Waals surface area contributed by atoms with Crippen molar-refractivity contribution in [2.45, 2.75) is 25.4 Å². The second kappa shape index (κ2) is 5.74. The summed E-state index contributed by atoms with van der Waals surface area (Å²) in [7, 11) is 0. The Balaban J connectivity index is 2.22. The van der Waals surface area contributed by atoms with Gasteiger partial charge in [0.15, 0.2) is 0 Å². The van der Waals surface area contributed by atoms with Gasteiger partial charge in [0.1, 0.15) is 5.60 Å². The van der Waals surface area contributed by atoms with Crippen molar-refractivity contribution in [2.75, 3.05) is 11.9 Å². The molecule has 1 saturated heterocycles. The lowest BCUT2D eigenvalue weighted by Crippen LogP contribution is -2.27. The highest BCUT2D eigenvalue weighted by Gasteiger charge is 2.41. The van der Waals surface area contributed by atoms with Gasteiger partial charge >= 0.3 is 11.9 Å². The number of benzene rings is 1. The number of carbonyl (C=O) groups is 2. The van der Waals surface area contributed by atoms with Gasteiger partial charge < -0.3 is 9.47 Å². The molecule has 0 N–H and O–H groups in total. The van der Waals surface area contributed by atoms with Gasteiger partial charge in [-0.2, -0.15) is 0 Å². The molecule has 2 rings (SSSR count). The molecule has 0 aliphatic carbocycles. The van der Waals surface area contributed by atoms with Crippen LogP contribution in [0.1, 0.15) is 35.7 Å².